The highest BCUT2D eigenvalue weighted by Gasteiger charge is 2.07. The zero-order valence-corrected chi connectivity index (χ0v) is 8.76. The molecule has 1 aromatic heterocycles. The summed E-state index contributed by atoms with van der Waals surface area (Å²) >= 11 is 0. The van der Waals surface area contributed by atoms with Gasteiger partial charge in [-0.3, -0.25) is 4.98 Å². The molecule has 0 aliphatic heterocycles. The molecule has 0 amide bonds. The normalized spacial score (nSPS) is 10.8. The van der Waals surface area contributed by atoms with E-state index in [0.29, 0.717) is 0 Å². The first kappa shape index (κ1) is 9.00. The molecule has 1 aromatic carbocycles. The van der Waals surface area contributed by atoms with Crippen LogP contribution >= 0.6 is 0 Å². The van der Waals surface area contributed by atoms with Crippen molar-refractivity contribution in [1.29, 1.82) is 0 Å². The van der Waals surface area contributed by atoms with Gasteiger partial charge in [-0.15, -0.1) is 0 Å². The number of nitrogen functional groups attached to an aromatic ring is 1. The fourth-order valence-corrected chi connectivity index (χ4v) is 1.88. The number of fused-ring (bicyclic) bond motifs is 1. The van der Waals surface area contributed by atoms with Crippen LogP contribution in [0.2, 0.25) is 0 Å². The van der Waals surface area contributed by atoms with Crippen LogP contribution in [0.4, 0.5) is 5.69 Å². The summed E-state index contributed by atoms with van der Waals surface area (Å²) in [7, 11) is 0. The second kappa shape index (κ2) is 2.98. The summed E-state index contributed by atoms with van der Waals surface area (Å²) in [6.45, 7) is 6.19. The predicted octanol–water partition coefficient (Wildman–Crippen LogP) is 2.74. The maximum Gasteiger partial charge on any atom is 0.0737 e. The van der Waals surface area contributed by atoms with Gasteiger partial charge in [-0.25, -0.2) is 0 Å². The molecule has 2 aromatic rings. The Labute approximate surface area is 83.8 Å². The van der Waals surface area contributed by atoms with Crippen LogP contribution < -0.4 is 5.73 Å². The van der Waals surface area contributed by atoms with Crippen molar-refractivity contribution >= 4 is 16.6 Å². The van der Waals surface area contributed by atoms with Gasteiger partial charge in [0.15, 0.2) is 0 Å². The molecule has 2 nitrogen and oxygen atoms in total. The second-order valence-electron chi connectivity index (χ2n) is 3.76. The minimum absolute atomic E-state index is 0.853. The van der Waals surface area contributed by atoms with Crippen molar-refractivity contribution in [2.45, 2.75) is 20.8 Å². The lowest BCUT2D eigenvalue weighted by Crippen LogP contribution is -1.95. The molecule has 2 heteroatoms. The van der Waals surface area contributed by atoms with Crippen LogP contribution in [0.1, 0.15) is 16.7 Å². The van der Waals surface area contributed by atoms with Gasteiger partial charge in [0.25, 0.3) is 0 Å². The third-order valence-corrected chi connectivity index (χ3v) is 2.71. The van der Waals surface area contributed by atoms with Crippen molar-refractivity contribution in [3.05, 3.63) is 35.0 Å². The first-order chi connectivity index (χ1) is 6.61. The van der Waals surface area contributed by atoms with Gasteiger partial charge in [0.2, 0.25) is 0 Å². The molecule has 0 aliphatic carbocycles. The molecule has 1 heterocycles. The Balaban J connectivity index is 3.03. The van der Waals surface area contributed by atoms with Gasteiger partial charge in [0, 0.05) is 17.3 Å². The van der Waals surface area contributed by atoms with Crippen LogP contribution in [-0.2, 0) is 0 Å². The van der Waals surface area contributed by atoms with E-state index in [9.17, 15) is 0 Å². The molecule has 0 saturated carbocycles. The number of aryl methyl sites for hydroxylation is 3. The van der Waals surface area contributed by atoms with Crippen molar-refractivity contribution in [3.63, 3.8) is 0 Å². The second-order valence-corrected chi connectivity index (χ2v) is 3.76. The number of hydrogen-bond donors (Lipinski definition) is 1. The smallest absolute Gasteiger partial charge is 0.0737 e. The fraction of sp³-hybridized carbons (Fsp3) is 0.250. The third-order valence-electron chi connectivity index (χ3n) is 2.71. The third kappa shape index (κ3) is 1.15. The average Bonchev–Trinajstić information content (AvgIpc) is 2.14. The largest absolute Gasteiger partial charge is 0.398 e. The Bertz CT molecular complexity index is 501. The Hall–Kier alpha value is -1.57. The molecule has 0 atom stereocenters. The zero-order valence-electron chi connectivity index (χ0n) is 8.76. The molecule has 0 aliphatic rings. The van der Waals surface area contributed by atoms with E-state index in [-0.39, 0.29) is 0 Å². The Morgan fingerprint density at radius 2 is 1.86 bits per heavy atom. The number of nitrogens with zero attached hydrogens (tertiary/aromatic N) is 1. The topological polar surface area (TPSA) is 38.9 Å². The van der Waals surface area contributed by atoms with Crippen molar-refractivity contribution in [2.75, 3.05) is 5.73 Å². The molecule has 0 bridgehead atoms. The summed E-state index contributed by atoms with van der Waals surface area (Å²) in [4.78, 5) is 4.39. The van der Waals surface area contributed by atoms with Crippen molar-refractivity contribution in [3.8, 4) is 0 Å². The van der Waals surface area contributed by atoms with Crippen molar-refractivity contribution in [2.24, 2.45) is 0 Å². The summed E-state index contributed by atoms with van der Waals surface area (Å²) in [5, 5.41) is 1.20. The van der Waals surface area contributed by atoms with E-state index in [1.165, 1.54) is 10.9 Å². The van der Waals surface area contributed by atoms with Gasteiger partial charge >= 0.3 is 0 Å². The van der Waals surface area contributed by atoms with Crippen LogP contribution in [0.5, 0.6) is 0 Å². The zero-order chi connectivity index (χ0) is 10.3. The predicted molar refractivity (Wildman–Crippen MR) is 60.4 cm³/mol. The van der Waals surface area contributed by atoms with Gasteiger partial charge in [0.1, 0.15) is 0 Å². The minimum atomic E-state index is 0.853. The van der Waals surface area contributed by atoms with E-state index in [1.807, 2.05) is 32.2 Å². The van der Waals surface area contributed by atoms with Crippen molar-refractivity contribution in [1.82, 2.24) is 4.98 Å². The lowest BCUT2D eigenvalue weighted by molar-refractivity contribution is 1.32. The maximum absolute atomic E-state index is 5.93. The monoisotopic (exact) mass is 186 g/mol. The van der Waals surface area contributed by atoms with Crippen LogP contribution in [0.3, 0.4) is 0 Å². The molecule has 0 saturated heterocycles. The summed E-state index contributed by atoms with van der Waals surface area (Å²) in [5.41, 5.74) is 11.4. The van der Waals surface area contributed by atoms with Crippen LogP contribution in [0.15, 0.2) is 18.3 Å². The number of rotatable bonds is 0. The molecular formula is C12H14N2. The molecule has 2 rings (SSSR count). The molecule has 14 heavy (non-hydrogen) atoms. The highest BCUT2D eigenvalue weighted by atomic mass is 14.7. The molecule has 0 unspecified atom stereocenters. The molecule has 72 valence electrons. The summed E-state index contributed by atoms with van der Waals surface area (Å²) in [6.07, 6.45) is 1.85. The number of pyridine rings is 1. The Morgan fingerprint density at radius 3 is 2.57 bits per heavy atom. The molecule has 0 fully saturated rings. The van der Waals surface area contributed by atoms with Gasteiger partial charge in [-0.1, -0.05) is 0 Å². The quantitative estimate of drug-likeness (QED) is 0.642. The number of anilines is 1. The highest BCUT2D eigenvalue weighted by molar-refractivity contribution is 5.91. The van der Waals surface area contributed by atoms with Crippen LogP contribution in [0.25, 0.3) is 10.9 Å². The van der Waals surface area contributed by atoms with E-state index in [1.54, 1.807) is 0 Å². The first-order valence-corrected chi connectivity index (χ1v) is 4.72. The summed E-state index contributed by atoms with van der Waals surface area (Å²) in [6, 6.07) is 4.01. The maximum atomic E-state index is 5.93. The minimum Gasteiger partial charge on any atom is -0.398 e. The summed E-state index contributed by atoms with van der Waals surface area (Å²) < 4.78 is 0. The van der Waals surface area contributed by atoms with Crippen molar-refractivity contribution < 1.29 is 0 Å². The first-order valence-electron chi connectivity index (χ1n) is 4.72. The van der Waals surface area contributed by atoms with E-state index in [0.717, 1.165) is 22.3 Å². The van der Waals surface area contributed by atoms with E-state index in [2.05, 4.69) is 11.9 Å². The number of aromatic nitrogens is 1. The van der Waals surface area contributed by atoms with E-state index >= 15 is 0 Å². The fourth-order valence-electron chi connectivity index (χ4n) is 1.88. The number of nitrogens with two attached hydrogens (primary N) is 1. The molecular weight excluding hydrogens is 172 g/mol. The van der Waals surface area contributed by atoms with Crippen LogP contribution in [0, 0.1) is 20.8 Å². The number of hydrogen-bond acceptors (Lipinski definition) is 2. The average molecular weight is 186 g/mol. The van der Waals surface area contributed by atoms with E-state index < -0.39 is 0 Å². The van der Waals surface area contributed by atoms with Gasteiger partial charge < -0.3 is 5.73 Å². The lowest BCUT2D eigenvalue weighted by atomic mass is 10.0. The van der Waals surface area contributed by atoms with E-state index in [4.69, 9.17) is 5.73 Å². The standard InChI is InChI=1S/C12H14N2/c1-7-4-5-14-12-8(2)6-10(13)9(3)11(7)12/h4-6H,13H2,1-3H3. The van der Waals surface area contributed by atoms with Gasteiger partial charge in [-0.2, -0.15) is 0 Å². The number of benzene rings is 1. The summed E-state index contributed by atoms with van der Waals surface area (Å²) in [5.74, 6) is 0. The Morgan fingerprint density at radius 1 is 1.14 bits per heavy atom. The molecule has 0 radical (unpaired) electrons. The highest BCUT2D eigenvalue weighted by Crippen LogP contribution is 2.27. The van der Waals surface area contributed by atoms with Gasteiger partial charge in [-0.05, 0) is 49.6 Å². The van der Waals surface area contributed by atoms with Gasteiger partial charge in [0.05, 0.1) is 5.52 Å². The SMILES string of the molecule is Cc1cc(N)c(C)c2c(C)ccnc12. The molecule has 2 N–H and O–H groups in total. The Kier molecular flexibility index (Phi) is 1.92. The van der Waals surface area contributed by atoms with Crippen LogP contribution in [-0.4, -0.2) is 4.98 Å². The lowest BCUT2D eigenvalue weighted by Gasteiger charge is -2.10. The molecule has 0 spiro atoms.